The van der Waals surface area contributed by atoms with Gasteiger partial charge in [0.2, 0.25) is 0 Å². The van der Waals surface area contributed by atoms with E-state index in [9.17, 15) is 4.79 Å². The van der Waals surface area contributed by atoms with Crippen LogP contribution in [0.1, 0.15) is 51.9 Å². The molecule has 1 saturated heterocycles. The van der Waals surface area contributed by atoms with Crippen molar-refractivity contribution in [2.24, 2.45) is 0 Å². The molecule has 0 amide bonds. The summed E-state index contributed by atoms with van der Waals surface area (Å²) < 4.78 is 5.13. The lowest BCUT2D eigenvalue weighted by molar-refractivity contribution is -0.108. The number of aldehydes is 1. The van der Waals surface area contributed by atoms with Gasteiger partial charge in [-0.05, 0) is 6.42 Å². The van der Waals surface area contributed by atoms with Crippen molar-refractivity contribution in [1.82, 2.24) is 0 Å². The quantitative estimate of drug-likeness (QED) is 0.330. The molecule has 0 aromatic carbocycles. The molecule has 2 atom stereocenters. The van der Waals surface area contributed by atoms with E-state index in [1.807, 2.05) is 0 Å². The first-order valence-corrected chi connectivity index (χ1v) is 5.49. The highest BCUT2D eigenvalue weighted by Gasteiger charge is 2.37. The molecule has 0 aromatic heterocycles. The Bertz CT molecular complexity index is 145. The Balaban J connectivity index is 1.77. The minimum atomic E-state index is -0.0596. The summed E-state index contributed by atoms with van der Waals surface area (Å²) in [6, 6.07) is 0. The highest BCUT2D eigenvalue weighted by Crippen LogP contribution is 2.25. The molecule has 1 rings (SSSR count). The third-order valence-corrected chi connectivity index (χ3v) is 2.60. The van der Waals surface area contributed by atoms with Gasteiger partial charge in [0.15, 0.2) is 6.29 Å². The van der Waals surface area contributed by atoms with Gasteiger partial charge in [0.25, 0.3) is 0 Å². The Kier molecular flexibility index (Phi) is 5.06. The molecule has 0 saturated carbocycles. The zero-order valence-corrected chi connectivity index (χ0v) is 8.50. The molecule has 2 heteroatoms. The monoisotopic (exact) mass is 184 g/mol. The van der Waals surface area contributed by atoms with E-state index in [-0.39, 0.29) is 12.2 Å². The van der Waals surface area contributed by atoms with E-state index >= 15 is 0 Å². The topological polar surface area (TPSA) is 29.6 Å². The summed E-state index contributed by atoms with van der Waals surface area (Å²) >= 11 is 0. The molecule has 0 radical (unpaired) electrons. The number of carbonyl (C=O) groups is 1. The van der Waals surface area contributed by atoms with Crippen LogP contribution in [-0.2, 0) is 9.53 Å². The van der Waals surface area contributed by atoms with Crippen LogP contribution in [0.2, 0.25) is 0 Å². The molecule has 0 N–H and O–H groups in total. The van der Waals surface area contributed by atoms with Gasteiger partial charge in [-0.3, -0.25) is 0 Å². The van der Waals surface area contributed by atoms with Gasteiger partial charge >= 0.3 is 0 Å². The Morgan fingerprint density at radius 2 is 1.85 bits per heavy atom. The average Bonchev–Trinajstić information content (AvgIpc) is 2.90. The molecule has 1 aliphatic rings. The van der Waals surface area contributed by atoms with Crippen molar-refractivity contribution in [2.75, 3.05) is 0 Å². The molecule has 0 aromatic rings. The molecule has 1 fully saturated rings. The Labute approximate surface area is 80.7 Å². The first-order valence-electron chi connectivity index (χ1n) is 5.49. The van der Waals surface area contributed by atoms with Crippen LogP contribution in [-0.4, -0.2) is 18.5 Å². The highest BCUT2D eigenvalue weighted by molar-refractivity contribution is 5.60. The van der Waals surface area contributed by atoms with E-state index in [2.05, 4.69) is 6.92 Å². The number of hydrogen-bond donors (Lipinski definition) is 0. The number of epoxide rings is 1. The Morgan fingerprint density at radius 3 is 2.46 bits per heavy atom. The average molecular weight is 184 g/mol. The van der Waals surface area contributed by atoms with Gasteiger partial charge < -0.3 is 9.53 Å². The van der Waals surface area contributed by atoms with Crippen LogP contribution in [0.25, 0.3) is 0 Å². The SMILES string of the molecule is CCCCCCCCC1O[C@H]1C=O. The molecule has 0 bridgehead atoms. The summed E-state index contributed by atoms with van der Waals surface area (Å²) in [4.78, 5) is 10.2. The van der Waals surface area contributed by atoms with Gasteiger partial charge in [-0.25, -0.2) is 0 Å². The molecule has 1 unspecified atom stereocenters. The minimum absolute atomic E-state index is 0.0596. The fraction of sp³-hybridized carbons (Fsp3) is 0.909. The summed E-state index contributed by atoms with van der Waals surface area (Å²) in [5.41, 5.74) is 0. The van der Waals surface area contributed by atoms with Crippen molar-refractivity contribution < 1.29 is 9.53 Å². The zero-order valence-electron chi connectivity index (χ0n) is 8.50. The predicted octanol–water partition coefficient (Wildman–Crippen LogP) is 2.70. The van der Waals surface area contributed by atoms with Crippen molar-refractivity contribution in [2.45, 2.75) is 64.1 Å². The molecule has 1 aliphatic heterocycles. The molecular formula is C11H20O2. The van der Waals surface area contributed by atoms with Crippen LogP contribution in [0.15, 0.2) is 0 Å². The van der Waals surface area contributed by atoms with Crippen LogP contribution in [0, 0.1) is 0 Å². The van der Waals surface area contributed by atoms with Gasteiger partial charge in [-0.2, -0.15) is 0 Å². The molecule has 76 valence electrons. The maximum absolute atomic E-state index is 10.2. The molecule has 0 aliphatic carbocycles. The molecule has 0 spiro atoms. The molecule has 13 heavy (non-hydrogen) atoms. The third-order valence-electron chi connectivity index (χ3n) is 2.60. The second kappa shape index (κ2) is 6.14. The van der Waals surface area contributed by atoms with E-state index < -0.39 is 0 Å². The van der Waals surface area contributed by atoms with Crippen LogP contribution < -0.4 is 0 Å². The summed E-state index contributed by atoms with van der Waals surface area (Å²) in [5, 5.41) is 0. The van der Waals surface area contributed by atoms with E-state index in [1.165, 1.54) is 38.5 Å². The van der Waals surface area contributed by atoms with E-state index in [0.29, 0.717) is 0 Å². The van der Waals surface area contributed by atoms with Crippen molar-refractivity contribution in [3.05, 3.63) is 0 Å². The molecule has 1 heterocycles. The first kappa shape index (κ1) is 10.7. The summed E-state index contributed by atoms with van der Waals surface area (Å²) in [5.74, 6) is 0. The number of unbranched alkanes of at least 4 members (excludes halogenated alkanes) is 5. The molecule has 2 nitrogen and oxygen atoms in total. The fourth-order valence-corrected chi connectivity index (χ4v) is 1.63. The standard InChI is InChI=1S/C11H20O2/c1-2-3-4-5-6-7-8-10-11(9-12)13-10/h9-11H,2-8H2,1H3/t10?,11-/m0/s1. The number of rotatable bonds is 8. The van der Waals surface area contributed by atoms with Crippen molar-refractivity contribution in [1.29, 1.82) is 0 Å². The summed E-state index contributed by atoms with van der Waals surface area (Å²) in [7, 11) is 0. The van der Waals surface area contributed by atoms with E-state index in [4.69, 9.17) is 4.74 Å². The minimum Gasteiger partial charge on any atom is -0.362 e. The van der Waals surface area contributed by atoms with Gasteiger partial charge in [-0.1, -0.05) is 45.4 Å². The van der Waals surface area contributed by atoms with Gasteiger partial charge in [-0.15, -0.1) is 0 Å². The fourth-order valence-electron chi connectivity index (χ4n) is 1.63. The maximum atomic E-state index is 10.2. The zero-order chi connectivity index (χ0) is 9.52. The second-order valence-electron chi connectivity index (χ2n) is 3.83. The maximum Gasteiger partial charge on any atom is 0.151 e. The number of ether oxygens (including phenoxy) is 1. The Morgan fingerprint density at radius 1 is 1.15 bits per heavy atom. The van der Waals surface area contributed by atoms with Crippen LogP contribution >= 0.6 is 0 Å². The van der Waals surface area contributed by atoms with E-state index in [0.717, 1.165) is 12.7 Å². The number of hydrogen-bond acceptors (Lipinski definition) is 2. The lowest BCUT2D eigenvalue weighted by atomic mass is 10.1. The second-order valence-corrected chi connectivity index (χ2v) is 3.83. The smallest absolute Gasteiger partial charge is 0.151 e. The van der Waals surface area contributed by atoms with Gasteiger partial charge in [0, 0.05) is 0 Å². The predicted molar refractivity (Wildman–Crippen MR) is 52.7 cm³/mol. The summed E-state index contributed by atoms with van der Waals surface area (Å²) in [6.45, 7) is 2.23. The Hall–Kier alpha value is -0.370. The lowest BCUT2D eigenvalue weighted by Gasteiger charge is -1.97. The largest absolute Gasteiger partial charge is 0.362 e. The normalized spacial score (nSPS) is 25.9. The highest BCUT2D eigenvalue weighted by atomic mass is 16.6. The first-order chi connectivity index (χ1) is 6.38. The van der Waals surface area contributed by atoms with Crippen LogP contribution in [0.5, 0.6) is 0 Å². The van der Waals surface area contributed by atoms with Crippen molar-refractivity contribution >= 4 is 6.29 Å². The number of carbonyl (C=O) groups excluding carboxylic acids is 1. The molecular weight excluding hydrogens is 164 g/mol. The van der Waals surface area contributed by atoms with Crippen molar-refractivity contribution in [3.63, 3.8) is 0 Å². The lowest BCUT2D eigenvalue weighted by Crippen LogP contribution is -1.94. The van der Waals surface area contributed by atoms with Crippen LogP contribution in [0.3, 0.4) is 0 Å². The van der Waals surface area contributed by atoms with E-state index in [1.54, 1.807) is 0 Å². The van der Waals surface area contributed by atoms with Crippen molar-refractivity contribution in [3.8, 4) is 0 Å². The van der Waals surface area contributed by atoms with Gasteiger partial charge in [0.1, 0.15) is 6.10 Å². The summed E-state index contributed by atoms with van der Waals surface area (Å²) in [6.07, 6.45) is 10.1. The van der Waals surface area contributed by atoms with Gasteiger partial charge in [0.05, 0.1) is 6.10 Å². The van der Waals surface area contributed by atoms with Crippen LogP contribution in [0.4, 0.5) is 0 Å². The third kappa shape index (κ3) is 4.41.